The van der Waals surface area contributed by atoms with Crippen LogP contribution in [0.15, 0.2) is 59.5 Å². The molecule has 2 aromatic carbocycles. The Labute approximate surface area is 216 Å². The number of benzene rings is 2. The molecule has 192 valence electrons. The average Bonchev–Trinajstić information content (AvgIpc) is 3.59. The quantitative estimate of drug-likeness (QED) is 0.395. The first-order chi connectivity index (χ1) is 17.8. The van der Waals surface area contributed by atoms with Gasteiger partial charge < -0.3 is 20.5 Å². The number of aryl methyl sites for hydroxylation is 1. The molecule has 0 spiro atoms. The van der Waals surface area contributed by atoms with Crippen molar-refractivity contribution in [2.75, 3.05) is 31.5 Å². The number of nitrogens with one attached hydrogen (secondary N) is 3. The molecule has 9 heteroatoms. The first-order valence-electron chi connectivity index (χ1n) is 12.4. The molecule has 0 bridgehead atoms. The van der Waals surface area contributed by atoms with E-state index in [1.54, 1.807) is 42.5 Å². The molecule has 5 rings (SSSR count). The van der Waals surface area contributed by atoms with E-state index in [4.69, 9.17) is 0 Å². The standard InChI is InChI=1S/C28H30N4O4S/c1-19-15-24(27(33)29-11-14-32-12-5-6-13-32)26(30-19)17-23-22-16-21(9-10-25(22)31-28(23)34)37(35,36)18-20-7-3-2-4-8-20/h2-4,7-10,15-17,30H,5-6,11-14,18H2,1H3,(H,29,33)(H,31,34)/b23-17-. The van der Waals surface area contributed by atoms with Gasteiger partial charge in [-0.1, -0.05) is 30.3 Å². The molecule has 2 aliphatic rings. The zero-order chi connectivity index (χ0) is 26.0. The van der Waals surface area contributed by atoms with Gasteiger partial charge >= 0.3 is 0 Å². The lowest BCUT2D eigenvalue weighted by molar-refractivity contribution is -0.110. The summed E-state index contributed by atoms with van der Waals surface area (Å²) in [6.45, 7) is 5.33. The number of nitrogens with zero attached hydrogens (tertiary/aromatic N) is 1. The number of aromatic amines is 1. The molecule has 1 fully saturated rings. The lowest BCUT2D eigenvalue weighted by atomic mass is 10.0. The Kier molecular flexibility index (Phi) is 6.99. The van der Waals surface area contributed by atoms with Crippen molar-refractivity contribution in [2.45, 2.75) is 30.4 Å². The lowest BCUT2D eigenvalue weighted by Gasteiger charge is -2.14. The van der Waals surface area contributed by atoms with Crippen LogP contribution in [0.3, 0.4) is 0 Å². The van der Waals surface area contributed by atoms with Crippen LogP contribution in [0.2, 0.25) is 0 Å². The number of carbonyl (C=O) groups excluding carboxylic acids is 2. The second kappa shape index (κ2) is 10.4. The highest BCUT2D eigenvalue weighted by molar-refractivity contribution is 7.90. The minimum absolute atomic E-state index is 0.134. The fourth-order valence-electron chi connectivity index (χ4n) is 4.87. The number of hydrogen-bond acceptors (Lipinski definition) is 5. The van der Waals surface area contributed by atoms with Crippen LogP contribution in [-0.4, -0.2) is 56.3 Å². The van der Waals surface area contributed by atoms with E-state index < -0.39 is 9.84 Å². The fourth-order valence-corrected chi connectivity index (χ4v) is 6.24. The van der Waals surface area contributed by atoms with Crippen LogP contribution in [0.4, 0.5) is 5.69 Å². The molecule has 0 radical (unpaired) electrons. The van der Waals surface area contributed by atoms with E-state index >= 15 is 0 Å². The summed E-state index contributed by atoms with van der Waals surface area (Å²) in [5.74, 6) is -0.696. The molecule has 0 aliphatic carbocycles. The van der Waals surface area contributed by atoms with Crippen molar-refractivity contribution in [1.29, 1.82) is 0 Å². The van der Waals surface area contributed by atoms with E-state index in [0.29, 0.717) is 40.2 Å². The Hall–Kier alpha value is -3.69. The molecule has 0 atom stereocenters. The van der Waals surface area contributed by atoms with Crippen molar-refractivity contribution in [3.8, 4) is 0 Å². The van der Waals surface area contributed by atoms with Gasteiger partial charge in [0, 0.05) is 30.0 Å². The Bertz CT molecular complexity index is 1470. The van der Waals surface area contributed by atoms with Gasteiger partial charge in [0.15, 0.2) is 9.84 Å². The molecule has 37 heavy (non-hydrogen) atoms. The van der Waals surface area contributed by atoms with Gasteiger partial charge in [0.25, 0.3) is 11.8 Å². The van der Waals surface area contributed by atoms with Crippen LogP contribution in [-0.2, 0) is 20.4 Å². The second-order valence-electron chi connectivity index (χ2n) is 9.55. The molecule has 2 aliphatic heterocycles. The number of H-pyrrole nitrogens is 1. The number of amides is 2. The normalized spacial score (nSPS) is 16.7. The number of carbonyl (C=O) groups is 2. The van der Waals surface area contributed by atoms with Gasteiger partial charge in [-0.25, -0.2) is 8.42 Å². The number of rotatable bonds is 8. The monoisotopic (exact) mass is 518 g/mol. The maximum absolute atomic E-state index is 13.1. The molecule has 0 unspecified atom stereocenters. The van der Waals surface area contributed by atoms with Gasteiger partial charge in [-0.15, -0.1) is 0 Å². The van der Waals surface area contributed by atoms with Crippen LogP contribution in [0.5, 0.6) is 0 Å². The van der Waals surface area contributed by atoms with Gasteiger partial charge in [0.2, 0.25) is 0 Å². The minimum atomic E-state index is -3.63. The van der Waals surface area contributed by atoms with Crippen molar-refractivity contribution in [3.05, 3.63) is 82.7 Å². The van der Waals surface area contributed by atoms with Crippen molar-refractivity contribution in [3.63, 3.8) is 0 Å². The number of hydrogen-bond donors (Lipinski definition) is 3. The summed E-state index contributed by atoms with van der Waals surface area (Å²) in [5, 5.41) is 5.77. The number of fused-ring (bicyclic) bond motifs is 1. The van der Waals surface area contributed by atoms with Crippen LogP contribution >= 0.6 is 0 Å². The van der Waals surface area contributed by atoms with Gasteiger partial charge in [0.05, 0.1) is 27.5 Å². The SMILES string of the molecule is Cc1cc(C(=O)NCCN2CCCC2)c(/C=C2\C(=O)Nc3ccc(S(=O)(=O)Cc4ccccc4)cc32)[nH]1. The van der Waals surface area contributed by atoms with E-state index in [-0.39, 0.29) is 22.5 Å². The number of likely N-dealkylation sites (tertiary alicyclic amines) is 1. The maximum Gasteiger partial charge on any atom is 0.256 e. The predicted octanol–water partition coefficient (Wildman–Crippen LogP) is 3.62. The Morgan fingerprint density at radius 2 is 1.84 bits per heavy atom. The number of anilines is 1. The third-order valence-electron chi connectivity index (χ3n) is 6.76. The van der Waals surface area contributed by atoms with Crippen molar-refractivity contribution in [1.82, 2.24) is 15.2 Å². The van der Waals surface area contributed by atoms with E-state index in [9.17, 15) is 18.0 Å². The van der Waals surface area contributed by atoms with Gasteiger partial charge in [-0.2, -0.15) is 0 Å². The van der Waals surface area contributed by atoms with Crippen molar-refractivity contribution >= 4 is 39.0 Å². The predicted molar refractivity (Wildman–Crippen MR) is 144 cm³/mol. The first kappa shape index (κ1) is 25.0. The molecule has 3 heterocycles. The highest BCUT2D eigenvalue weighted by atomic mass is 32.2. The smallest absolute Gasteiger partial charge is 0.256 e. The van der Waals surface area contributed by atoms with E-state index in [1.165, 1.54) is 25.0 Å². The number of aromatic nitrogens is 1. The summed E-state index contributed by atoms with van der Waals surface area (Å²) >= 11 is 0. The summed E-state index contributed by atoms with van der Waals surface area (Å²) in [6.07, 6.45) is 4.01. The second-order valence-corrected chi connectivity index (χ2v) is 11.5. The van der Waals surface area contributed by atoms with Crippen molar-refractivity contribution < 1.29 is 18.0 Å². The molecule has 8 nitrogen and oxygen atoms in total. The van der Waals surface area contributed by atoms with E-state index in [2.05, 4.69) is 20.5 Å². The molecule has 0 saturated carbocycles. The highest BCUT2D eigenvalue weighted by Gasteiger charge is 2.28. The molecular weight excluding hydrogens is 488 g/mol. The Balaban J connectivity index is 1.40. The molecule has 3 N–H and O–H groups in total. The summed E-state index contributed by atoms with van der Waals surface area (Å²) < 4.78 is 26.2. The van der Waals surface area contributed by atoms with Crippen molar-refractivity contribution in [2.24, 2.45) is 0 Å². The summed E-state index contributed by atoms with van der Waals surface area (Å²) in [7, 11) is -3.63. The van der Waals surface area contributed by atoms with Crippen LogP contribution in [0.25, 0.3) is 11.6 Å². The molecule has 1 saturated heterocycles. The zero-order valence-electron chi connectivity index (χ0n) is 20.7. The molecule has 1 aromatic heterocycles. The van der Waals surface area contributed by atoms with Gasteiger partial charge in [-0.3, -0.25) is 9.59 Å². The summed E-state index contributed by atoms with van der Waals surface area (Å²) in [4.78, 5) is 31.4. The average molecular weight is 519 g/mol. The highest BCUT2D eigenvalue weighted by Crippen LogP contribution is 2.35. The third kappa shape index (κ3) is 5.52. The maximum atomic E-state index is 13.1. The first-order valence-corrected chi connectivity index (χ1v) is 14.1. The van der Waals surface area contributed by atoms with Gasteiger partial charge in [0.1, 0.15) is 0 Å². The topological polar surface area (TPSA) is 111 Å². The molecule has 3 aromatic rings. The van der Waals surface area contributed by atoms with Crippen LogP contribution < -0.4 is 10.6 Å². The largest absolute Gasteiger partial charge is 0.358 e. The Morgan fingerprint density at radius 1 is 1.08 bits per heavy atom. The van der Waals surface area contributed by atoms with Gasteiger partial charge in [-0.05, 0) is 68.8 Å². The Morgan fingerprint density at radius 3 is 2.59 bits per heavy atom. The van der Waals surface area contributed by atoms with E-state index in [1.807, 2.05) is 13.0 Å². The van der Waals surface area contributed by atoms with E-state index in [0.717, 1.165) is 25.3 Å². The lowest BCUT2D eigenvalue weighted by Crippen LogP contribution is -2.33. The number of sulfone groups is 1. The molecular formula is C28H30N4O4S. The molecule has 2 amide bonds. The van der Waals surface area contributed by atoms with Crippen LogP contribution in [0.1, 0.15) is 45.7 Å². The van der Waals surface area contributed by atoms with Crippen LogP contribution in [0, 0.1) is 6.92 Å². The summed E-state index contributed by atoms with van der Waals surface area (Å²) in [5.41, 5.74) is 3.76. The minimum Gasteiger partial charge on any atom is -0.358 e. The zero-order valence-corrected chi connectivity index (χ0v) is 21.5. The summed E-state index contributed by atoms with van der Waals surface area (Å²) in [6, 6.07) is 15.4. The fraction of sp³-hybridized carbons (Fsp3) is 0.286. The third-order valence-corrected chi connectivity index (χ3v) is 8.45.